The van der Waals surface area contributed by atoms with Gasteiger partial charge < -0.3 is 5.73 Å². The number of rotatable bonds is 2. The van der Waals surface area contributed by atoms with E-state index in [0.717, 1.165) is 22.3 Å². The van der Waals surface area contributed by atoms with Crippen LogP contribution in [0.1, 0.15) is 0 Å². The van der Waals surface area contributed by atoms with Crippen LogP contribution in [0, 0.1) is 5.82 Å². The van der Waals surface area contributed by atoms with Gasteiger partial charge in [0.25, 0.3) is 0 Å². The summed E-state index contributed by atoms with van der Waals surface area (Å²) in [5, 5.41) is 0. The van der Waals surface area contributed by atoms with E-state index >= 15 is 0 Å². The summed E-state index contributed by atoms with van der Waals surface area (Å²) in [6.45, 7) is 0. The van der Waals surface area contributed by atoms with Gasteiger partial charge in [0, 0.05) is 17.3 Å². The number of hydrogen-bond acceptors (Lipinski definition) is 2. The van der Waals surface area contributed by atoms with Crippen LogP contribution in [0.5, 0.6) is 0 Å². The van der Waals surface area contributed by atoms with Crippen LogP contribution >= 0.6 is 0 Å². The number of nitrogens with two attached hydrogens (primary N) is 1. The highest BCUT2D eigenvalue weighted by Gasteiger charge is 2.06. The summed E-state index contributed by atoms with van der Waals surface area (Å²) in [6.07, 6.45) is 1.70. The maximum absolute atomic E-state index is 13.0. The second-order valence-corrected chi connectivity index (χ2v) is 4.53. The van der Waals surface area contributed by atoms with E-state index in [1.54, 1.807) is 18.3 Å². The zero-order chi connectivity index (χ0) is 13.9. The Hall–Kier alpha value is -2.68. The van der Waals surface area contributed by atoms with Crippen molar-refractivity contribution in [2.24, 2.45) is 0 Å². The van der Waals surface area contributed by atoms with Crippen LogP contribution in [-0.4, -0.2) is 4.98 Å². The zero-order valence-electron chi connectivity index (χ0n) is 10.8. The highest BCUT2D eigenvalue weighted by molar-refractivity contribution is 5.79. The molecule has 0 atom stereocenters. The molecule has 2 nitrogen and oxygen atoms in total. The molecule has 3 aromatic rings. The van der Waals surface area contributed by atoms with Crippen molar-refractivity contribution in [1.82, 2.24) is 4.98 Å². The molecule has 0 spiro atoms. The second-order valence-electron chi connectivity index (χ2n) is 4.53. The standard InChI is InChI=1S/C17H13FN2/c18-15-8-6-12(7-9-15)14-10-16(17(19)20-11-14)13-4-2-1-3-5-13/h1-11H,(H2,19,20). The Kier molecular flexibility index (Phi) is 3.17. The minimum Gasteiger partial charge on any atom is -0.383 e. The van der Waals surface area contributed by atoms with E-state index in [1.807, 2.05) is 36.4 Å². The Bertz CT molecular complexity index is 722. The fraction of sp³-hybridized carbons (Fsp3) is 0. The lowest BCUT2D eigenvalue weighted by atomic mass is 10.0. The van der Waals surface area contributed by atoms with E-state index in [9.17, 15) is 4.39 Å². The van der Waals surface area contributed by atoms with E-state index < -0.39 is 0 Å². The molecule has 1 heterocycles. The largest absolute Gasteiger partial charge is 0.383 e. The smallest absolute Gasteiger partial charge is 0.131 e. The molecule has 20 heavy (non-hydrogen) atoms. The van der Waals surface area contributed by atoms with Crippen LogP contribution in [0.2, 0.25) is 0 Å². The number of nitrogens with zero attached hydrogens (tertiary/aromatic N) is 1. The molecule has 0 aliphatic rings. The van der Waals surface area contributed by atoms with Gasteiger partial charge in [0.05, 0.1) is 0 Å². The minimum atomic E-state index is -0.250. The Labute approximate surface area is 116 Å². The Morgan fingerprint density at radius 3 is 2.20 bits per heavy atom. The lowest BCUT2D eigenvalue weighted by Crippen LogP contribution is -1.94. The number of anilines is 1. The molecular formula is C17H13FN2. The van der Waals surface area contributed by atoms with Crippen LogP contribution in [0.4, 0.5) is 10.2 Å². The molecule has 3 heteroatoms. The molecule has 0 saturated heterocycles. The summed E-state index contributed by atoms with van der Waals surface area (Å²) in [6, 6.07) is 18.2. The molecule has 2 aromatic carbocycles. The fourth-order valence-corrected chi connectivity index (χ4v) is 2.12. The summed E-state index contributed by atoms with van der Waals surface area (Å²) < 4.78 is 13.0. The molecule has 0 aliphatic carbocycles. The van der Waals surface area contributed by atoms with E-state index in [1.165, 1.54) is 12.1 Å². The van der Waals surface area contributed by atoms with Crippen molar-refractivity contribution in [1.29, 1.82) is 0 Å². The number of halogens is 1. The SMILES string of the molecule is Nc1ncc(-c2ccc(F)cc2)cc1-c1ccccc1. The lowest BCUT2D eigenvalue weighted by Gasteiger charge is -2.08. The van der Waals surface area contributed by atoms with Crippen molar-refractivity contribution in [3.63, 3.8) is 0 Å². The average molecular weight is 264 g/mol. The highest BCUT2D eigenvalue weighted by atomic mass is 19.1. The summed E-state index contributed by atoms with van der Waals surface area (Å²) in [5.41, 5.74) is 9.68. The third-order valence-electron chi connectivity index (χ3n) is 3.18. The van der Waals surface area contributed by atoms with E-state index in [4.69, 9.17) is 5.73 Å². The molecule has 1 aromatic heterocycles. The third kappa shape index (κ3) is 2.38. The Morgan fingerprint density at radius 1 is 0.800 bits per heavy atom. The van der Waals surface area contributed by atoms with Crippen molar-refractivity contribution in [3.8, 4) is 22.3 Å². The van der Waals surface area contributed by atoms with Gasteiger partial charge in [-0.15, -0.1) is 0 Å². The molecule has 0 bridgehead atoms. The summed E-state index contributed by atoms with van der Waals surface area (Å²) >= 11 is 0. The molecule has 0 radical (unpaired) electrons. The van der Waals surface area contributed by atoms with Crippen LogP contribution in [0.25, 0.3) is 22.3 Å². The van der Waals surface area contributed by atoms with Gasteiger partial charge in [-0.05, 0) is 29.3 Å². The van der Waals surface area contributed by atoms with Crippen molar-refractivity contribution in [2.45, 2.75) is 0 Å². The Morgan fingerprint density at radius 2 is 1.50 bits per heavy atom. The van der Waals surface area contributed by atoms with E-state index in [-0.39, 0.29) is 5.82 Å². The summed E-state index contributed by atoms with van der Waals surface area (Å²) in [5.74, 6) is 0.238. The normalized spacial score (nSPS) is 10.4. The maximum Gasteiger partial charge on any atom is 0.131 e. The van der Waals surface area contributed by atoms with Crippen LogP contribution in [0.3, 0.4) is 0 Å². The summed E-state index contributed by atoms with van der Waals surface area (Å²) in [4.78, 5) is 4.24. The van der Waals surface area contributed by atoms with Crippen molar-refractivity contribution >= 4 is 5.82 Å². The first-order valence-corrected chi connectivity index (χ1v) is 6.31. The minimum absolute atomic E-state index is 0.250. The predicted octanol–water partition coefficient (Wildman–Crippen LogP) is 4.14. The second kappa shape index (κ2) is 5.13. The van der Waals surface area contributed by atoms with E-state index in [0.29, 0.717) is 5.82 Å². The molecular weight excluding hydrogens is 251 g/mol. The molecule has 0 amide bonds. The van der Waals surface area contributed by atoms with Gasteiger partial charge in [-0.2, -0.15) is 0 Å². The first-order valence-electron chi connectivity index (χ1n) is 6.31. The van der Waals surface area contributed by atoms with Crippen LogP contribution < -0.4 is 5.73 Å². The molecule has 0 saturated carbocycles. The molecule has 2 N–H and O–H groups in total. The van der Waals surface area contributed by atoms with Crippen molar-refractivity contribution < 1.29 is 4.39 Å². The van der Waals surface area contributed by atoms with Crippen LogP contribution in [0.15, 0.2) is 66.9 Å². The van der Waals surface area contributed by atoms with Crippen molar-refractivity contribution in [3.05, 3.63) is 72.7 Å². The predicted molar refractivity (Wildman–Crippen MR) is 79.5 cm³/mol. The molecule has 0 aliphatic heterocycles. The van der Waals surface area contributed by atoms with Gasteiger partial charge in [0.2, 0.25) is 0 Å². The Balaban J connectivity index is 2.09. The molecule has 3 rings (SSSR count). The van der Waals surface area contributed by atoms with Gasteiger partial charge in [-0.3, -0.25) is 0 Å². The average Bonchev–Trinajstić information content (AvgIpc) is 2.50. The molecule has 0 unspecified atom stereocenters. The third-order valence-corrected chi connectivity index (χ3v) is 3.18. The number of pyridine rings is 1. The van der Waals surface area contributed by atoms with Crippen molar-refractivity contribution in [2.75, 3.05) is 5.73 Å². The first kappa shape index (κ1) is 12.4. The van der Waals surface area contributed by atoms with Gasteiger partial charge in [0.1, 0.15) is 11.6 Å². The van der Waals surface area contributed by atoms with Gasteiger partial charge in [-0.1, -0.05) is 42.5 Å². The number of aromatic nitrogens is 1. The fourth-order valence-electron chi connectivity index (χ4n) is 2.12. The molecule has 0 fully saturated rings. The van der Waals surface area contributed by atoms with Crippen LogP contribution in [-0.2, 0) is 0 Å². The monoisotopic (exact) mass is 264 g/mol. The van der Waals surface area contributed by atoms with Gasteiger partial charge in [0.15, 0.2) is 0 Å². The first-order chi connectivity index (χ1) is 9.74. The molecule has 98 valence electrons. The quantitative estimate of drug-likeness (QED) is 0.755. The van der Waals surface area contributed by atoms with Gasteiger partial charge >= 0.3 is 0 Å². The van der Waals surface area contributed by atoms with Gasteiger partial charge in [-0.25, -0.2) is 9.37 Å². The highest BCUT2D eigenvalue weighted by Crippen LogP contribution is 2.29. The topological polar surface area (TPSA) is 38.9 Å². The maximum atomic E-state index is 13.0. The summed E-state index contributed by atoms with van der Waals surface area (Å²) in [7, 11) is 0. The number of benzene rings is 2. The number of hydrogen-bond donors (Lipinski definition) is 1. The lowest BCUT2D eigenvalue weighted by molar-refractivity contribution is 0.628. The van der Waals surface area contributed by atoms with E-state index in [2.05, 4.69) is 4.98 Å². The number of nitrogen functional groups attached to an aromatic ring is 1. The zero-order valence-corrected chi connectivity index (χ0v) is 10.8.